The fraction of sp³-hybridized carbons (Fsp3) is 0.600. The normalized spacial score (nSPS) is 27.9. The van der Waals surface area contributed by atoms with Crippen molar-refractivity contribution in [2.45, 2.75) is 43.7 Å². The van der Waals surface area contributed by atoms with Gasteiger partial charge in [0, 0.05) is 0 Å². The van der Waals surface area contributed by atoms with E-state index in [4.69, 9.17) is 10.5 Å². The molecule has 8 N–H and O–H groups in total. The van der Waals surface area contributed by atoms with E-state index in [1.54, 1.807) is 0 Å². The number of aromatic nitrogens is 4. The molecule has 0 radical (unpaired) electrons. The Morgan fingerprint density at radius 1 is 1.17 bits per heavy atom. The molecule has 35 heavy (non-hydrogen) atoms. The summed E-state index contributed by atoms with van der Waals surface area (Å²) in [6.07, 6.45) is -7.38. The number of aliphatic hydroxyl groups excluding tert-OH is 4. The summed E-state index contributed by atoms with van der Waals surface area (Å²) in [6.45, 7) is -1.05. The standard InChI is InChI=1S/C15H23N5O13P2/c1-6(21)10(23)7(22)2-30-34(26,27)33-35(28,29)31-3-8-11(24)12(25)15(32-8)20-5-19-9-13(16)17-4-18-14(9)20/h4-5,7-8,10-12,15,22-25H,2-3H2,1H3,(H,26,27)(H,28,29)(H2,16,17,18)/t7-,8-,10+,11-,12-,15-/m1/s1. The maximum Gasteiger partial charge on any atom is 0.481 e. The number of hydrogen-bond donors (Lipinski definition) is 7. The van der Waals surface area contributed by atoms with Crippen LogP contribution in [0.4, 0.5) is 5.82 Å². The van der Waals surface area contributed by atoms with Crippen molar-refractivity contribution in [3.05, 3.63) is 12.7 Å². The predicted molar refractivity (Wildman–Crippen MR) is 111 cm³/mol. The zero-order valence-corrected chi connectivity index (χ0v) is 19.6. The molecule has 1 aliphatic heterocycles. The zero-order chi connectivity index (χ0) is 26.1. The van der Waals surface area contributed by atoms with Crippen LogP contribution in [0.25, 0.3) is 11.2 Å². The average Bonchev–Trinajstić information content (AvgIpc) is 3.31. The van der Waals surface area contributed by atoms with Gasteiger partial charge in [-0.1, -0.05) is 0 Å². The molecule has 3 rings (SSSR count). The molecule has 1 fully saturated rings. The number of aliphatic hydroxyl groups is 4. The smallest absolute Gasteiger partial charge is 0.388 e. The first-order valence-electron chi connectivity index (χ1n) is 9.69. The van der Waals surface area contributed by atoms with Crippen molar-refractivity contribution in [3.8, 4) is 0 Å². The molecule has 0 saturated carbocycles. The number of imidazole rings is 1. The highest BCUT2D eigenvalue weighted by atomic mass is 31.3. The highest BCUT2D eigenvalue weighted by Gasteiger charge is 2.46. The first-order chi connectivity index (χ1) is 16.2. The molecule has 2 aromatic rings. The minimum absolute atomic E-state index is 0.0546. The predicted octanol–water partition coefficient (Wildman–Crippen LogP) is -2.41. The Morgan fingerprint density at radius 2 is 1.83 bits per heavy atom. The van der Waals surface area contributed by atoms with Gasteiger partial charge in [-0.15, -0.1) is 0 Å². The van der Waals surface area contributed by atoms with E-state index in [2.05, 4.69) is 28.3 Å². The van der Waals surface area contributed by atoms with Crippen LogP contribution in [0.5, 0.6) is 0 Å². The van der Waals surface area contributed by atoms with Gasteiger partial charge < -0.3 is 40.7 Å². The second-order valence-electron chi connectivity index (χ2n) is 7.36. The number of nitrogens with zero attached hydrogens (tertiary/aromatic N) is 4. The quantitative estimate of drug-likeness (QED) is 0.145. The highest BCUT2D eigenvalue weighted by Crippen LogP contribution is 2.60. The molecule has 1 saturated heterocycles. The number of ketones is 1. The second-order valence-corrected chi connectivity index (χ2v) is 10.4. The lowest BCUT2D eigenvalue weighted by Crippen LogP contribution is -2.35. The Balaban J connectivity index is 1.60. The number of Topliss-reactive ketones (excluding diaryl/α,β-unsaturated/α-hetero) is 1. The van der Waals surface area contributed by atoms with E-state index in [0.717, 1.165) is 13.3 Å². The van der Waals surface area contributed by atoms with Crippen molar-refractivity contribution in [2.75, 3.05) is 18.9 Å². The monoisotopic (exact) mass is 543 g/mol. The SMILES string of the molecule is CC(=O)[C@H](O)[C@H](O)COP(=O)(O)OP(=O)(O)OC[C@H]1O[C@@H](n2cnc3c(N)ncnc32)[C@H](O)[C@@H]1O. The largest absolute Gasteiger partial charge is 0.481 e. The molecule has 0 aromatic carbocycles. The lowest BCUT2D eigenvalue weighted by atomic mass is 10.1. The van der Waals surface area contributed by atoms with Crippen LogP contribution in [0.15, 0.2) is 12.7 Å². The van der Waals surface area contributed by atoms with E-state index in [1.807, 2.05) is 0 Å². The minimum atomic E-state index is -5.32. The first kappa shape index (κ1) is 27.7. The number of rotatable bonds is 11. The van der Waals surface area contributed by atoms with Crippen LogP contribution in [0.1, 0.15) is 13.2 Å². The van der Waals surface area contributed by atoms with Gasteiger partial charge >= 0.3 is 15.6 Å². The first-order valence-corrected chi connectivity index (χ1v) is 12.7. The molecule has 1 aliphatic rings. The van der Waals surface area contributed by atoms with Crippen LogP contribution in [0, 0.1) is 0 Å². The third kappa shape index (κ3) is 6.45. The number of phosphoric acid groups is 2. The highest BCUT2D eigenvalue weighted by molar-refractivity contribution is 7.61. The molecule has 0 spiro atoms. The van der Waals surface area contributed by atoms with Crippen molar-refractivity contribution in [1.29, 1.82) is 0 Å². The molecule has 8 atom stereocenters. The molecule has 0 bridgehead atoms. The van der Waals surface area contributed by atoms with Crippen molar-refractivity contribution >= 4 is 38.4 Å². The van der Waals surface area contributed by atoms with Crippen molar-refractivity contribution in [3.63, 3.8) is 0 Å². The summed E-state index contributed by atoms with van der Waals surface area (Å²) < 4.78 is 43.6. The molecule has 196 valence electrons. The molecular weight excluding hydrogens is 520 g/mol. The van der Waals surface area contributed by atoms with Gasteiger partial charge in [-0.05, 0) is 6.92 Å². The Bertz CT molecular complexity index is 1160. The number of phosphoric ester groups is 2. The lowest BCUT2D eigenvalue weighted by molar-refractivity contribution is -0.132. The number of nitrogens with two attached hydrogens (primary N) is 1. The van der Waals surface area contributed by atoms with Gasteiger partial charge in [-0.2, -0.15) is 4.31 Å². The summed E-state index contributed by atoms with van der Waals surface area (Å²) in [7, 11) is -10.6. The molecule has 2 aromatic heterocycles. The van der Waals surface area contributed by atoms with E-state index < -0.39 is 71.4 Å². The topological polar surface area (TPSA) is 279 Å². The summed E-state index contributed by atoms with van der Waals surface area (Å²) in [5.74, 6) is -0.805. The molecule has 2 unspecified atom stereocenters. The van der Waals surface area contributed by atoms with Gasteiger partial charge in [0.2, 0.25) is 0 Å². The number of carbonyl (C=O) groups excluding carboxylic acids is 1. The van der Waals surface area contributed by atoms with E-state index in [0.29, 0.717) is 0 Å². The molecule has 3 heterocycles. The van der Waals surface area contributed by atoms with Gasteiger partial charge in [0.1, 0.15) is 42.4 Å². The van der Waals surface area contributed by atoms with Crippen LogP contribution >= 0.6 is 15.6 Å². The third-order valence-corrected chi connectivity index (χ3v) is 7.40. The number of anilines is 1. The Hall–Kier alpha value is -1.92. The summed E-state index contributed by atoms with van der Waals surface area (Å²) in [5.41, 5.74) is 6.07. The zero-order valence-electron chi connectivity index (χ0n) is 17.8. The molecule has 0 aliphatic carbocycles. The van der Waals surface area contributed by atoms with E-state index in [1.165, 1.54) is 10.9 Å². The van der Waals surface area contributed by atoms with Gasteiger partial charge in [0.05, 0.1) is 19.5 Å². The number of nitrogen functional groups attached to an aromatic ring is 1. The number of hydrogen-bond acceptors (Lipinski definition) is 15. The van der Waals surface area contributed by atoms with Gasteiger partial charge in [0.15, 0.2) is 23.5 Å². The third-order valence-electron chi connectivity index (χ3n) is 4.80. The van der Waals surface area contributed by atoms with Gasteiger partial charge in [0.25, 0.3) is 0 Å². The van der Waals surface area contributed by atoms with Crippen molar-refractivity contribution in [2.24, 2.45) is 0 Å². The second kappa shape index (κ2) is 10.6. The average molecular weight is 543 g/mol. The van der Waals surface area contributed by atoms with Gasteiger partial charge in [-0.25, -0.2) is 24.1 Å². The fourth-order valence-electron chi connectivity index (χ4n) is 3.03. The number of carbonyl (C=O) groups is 1. The van der Waals surface area contributed by atoms with E-state index in [9.17, 15) is 44.1 Å². The number of ether oxygens (including phenoxy) is 1. The Labute approximate surface area is 196 Å². The summed E-state index contributed by atoms with van der Waals surface area (Å²) in [4.78, 5) is 42.0. The number of fused-ring (bicyclic) bond motifs is 1. The van der Waals surface area contributed by atoms with Crippen LogP contribution < -0.4 is 5.73 Å². The van der Waals surface area contributed by atoms with Crippen molar-refractivity contribution < 1.29 is 62.2 Å². The molecule has 18 nitrogen and oxygen atoms in total. The van der Waals surface area contributed by atoms with E-state index >= 15 is 0 Å². The summed E-state index contributed by atoms with van der Waals surface area (Å²) in [6, 6.07) is 0. The molecular formula is C15H23N5O13P2. The van der Waals surface area contributed by atoms with Crippen LogP contribution in [0.2, 0.25) is 0 Å². The maximum atomic E-state index is 12.1. The Kier molecular flexibility index (Phi) is 8.37. The van der Waals surface area contributed by atoms with Crippen LogP contribution in [-0.4, -0.2) is 99.2 Å². The Morgan fingerprint density at radius 3 is 2.49 bits per heavy atom. The maximum absolute atomic E-state index is 12.1. The fourth-order valence-corrected chi connectivity index (χ4v) is 5.13. The van der Waals surface area contributed by atoms with Crippen molar-refractivity contribution in [1.82, 2.24) is 19.5 Å². The van der Waals surface area contributed by atoms with Gasteiger partial charge in [-0.3, -0.25) is 18.4 Å². The van der Waals surface area contributed by atoms with Crippen LogP contribution in [0.3, 0.4) is 0 Å². The molecule has 0 amide bonds. The minimum Gasteiger partial charge on any atom is -0.388 e. The molecule has 20 heteroatoms. The van der Waals surface area contributed by atoms with Crippen LogP contribution in [-0.2, 0) is 32.0 Å². The summed E-state index contributed by atoms with van der Waals surface area (Å²) >= 11 is 0. The lowest BCUT2D eigenvalue weighted by Gasteiger charge is -2.20. The summed E-state index contributed by atoms with van der Waals surface area (Å²) in [5, 5.41) is 39.5. The van der Waals surface area contributed by atoms with E-state index in [-0.39, 0.29) is 17.0 Å².